The molecule has 1 heterocycles. The smallest absolute Gasteiger partial charge is 0.319 e. The minimum Gasteiger partial charge on any atom is -0.480 e. The topological polar surface area (TPSA) is 70.3 Å². The molecule has 2 rings (SSSR count). The predicted molar refractivity (Wildman–Crippen MR) is 67.2 cm³/mol. The lowest BCUT2D eigenvalue weighted by Gasteiger charge is -2.22. The molecule has 0 aromatic carbocycles. The summed E-state index contributed by atoms with van der Waals surface area (Å²) in [5, 5.41) is 0. The molecule has 0 bridgehead atoms. The molecule has 0 saturated heterocycles. The number of hydrogen-bond donors (Lipinski definition) is 1. The van der Waals surface area contributed by atoms with Crippen molar-refractivity contribution >= 4 is 15.9 Å². The van der Waals surface area contributed by atoms with E-state index in [0.717, 1.165) is 12.8 Å². The molecule has 0 amide bonds. The van der Waals surface area contributed by atoms with Gasteiger partial charge < -0.3 is 15.2 Å². The zero-order valence-electron chi connectivity index (χ0n) is 9.78. The van der Waals surface area contributed by atoms with Gasteiger partial charge in [0.15, 0.2) is 0 Å². The molecule has 1 aromatic rings. The van der Waals surface area contributed by atoms with Crippen LogP contribution in [0.3, 0.4) is 0 Å². The van der Waals surface area contributed by atoms with E-state index in [9.17, 15) is 0 Å². The molecule has 1 saturated carbocycles. The number of ether oxygens (including phenoxy) is 2. The first-order valence-electron chi connectivity index (χ1n) is 5.61. The molecule has 0 aliphatic heterocycles. The van der Waals surface area contributed by atoms with Crippen LogP contribution >= 0.6 is 15.9 Å². The van der Waals surface area contributed by atoms with Gasteiger partial charge in [-0.1, -0.05) is 12.8 Å². The molecule has 1 aromatic heterocycles. The largest absolute Gasteiger partial charge is 0.480 e. The van der Waals surface area contributed by atoms with Gasteiger partial charge in [0.2, 0.25) is 5.88 Å². The van der Waals surface area contributed by atoms with E-state index in [4.69, 9.17) is 15.2 Å². The second-order valence-electron chi connectivity index (χ2n) is 4.37. The van der Waals surface area contributed by atoms with Crippen molar-refractivity contribution in [2.45, 2.75) is 31.2 Å². The minimum atomic E-state index is -0.219. The molecule has 5 nitrogen and oxygen atoms in total. The summed E-state index contributed by atoms with van der Waals surface area (Å²) in [6, 6.07) is 0.307. The Bertz CT molecular complexity index is 394. The molecule has 0 atom stereocenters. The lowest BCUT2D eigenvalue weighted by Crippen LogP contribution is -2.42. The van der Waals surface area contributed by atoms with E-state index in [1.165, 1.54) is 12.8 Å². The summed E-state index contributed by atoms with van der Waals surface area (Å²) < 4.78 is 11.3. The molecule has 0 unspecified atom stereocenters. The highest BCUT2D eigenvalue weighted by Gasteiger charge is 2.30. The van der Waals surface area contributed by atoms with Crippen LogP contribution in [0.15, 0.2) is 10.7 Å². The second-order valence-corrected chi connectivity index (χ2v) is 5.22. The normalized spacial score (nSPS) is 18.1. The van der Waals surface area contributed by atoms with Crippen LogP contribution in [0.4, 0.5) is 0 Å². The molecule has 2 N–H and O–H groups in total. The molecule has 1 aliphatic carbocycles. The van der Waals surface area contributed by atoms with Gasteiger partial charge in [-0.3, -0.25) is 0 Å². The molecule has 0 radical (unpaired) electrons. The van der Waals surface area contributed by atoms with E-state index in [2.05, 4.69) is 25.9 Å². The highest BCUT2D eigenvalue weighted by atomic mass is 79.9. The van der Waals surface area contributed by atoms with Crippen molar-refractivity contribution in [1.29, 1.82) is 0 Å². The lowest BCUT2D eigenvalue weighted by atomic mass is 10.0. The number of nitrogens with zero attached hydrogens (tertiary/aromatic N) is 2. The number of nitrogens with two attached hydrogens (primary N) is 1. The van der Waals surface area contributed by atoms with E-state index in [1.54, 1.807) is 13.3 Å². The summed E-state index contributed by atoms with van der Waals surface area (Å²) >= 11 is 3.29. The highest BCUT2D eigenvalue weighted by Crippen LogP contribution is 2.28. The van der Waals surface area contributed by atoms with Crippen LogP contribution in [0.2, 0.25) is 0 Å². The van der Waals surface area contributed by atoms with E-state index in [-0.39, 0.29) is 5.54 Å². The predicted octanol–water partition coefficient (Wildman–Crippen LogP) is 1.90. The molecular formula is C11H16BrN3O2. The maximum Gasteiger partial charge on any atom is 0.319 e. The Labute approximate surface area is 109 Å². The fourth-order valence-electron chi connectivity index (χ4n) is 1.98. The Hall–Kier alpha value is -0.880. The van der Waals surface area contributed by atoms with Crippen LogP contribution in [-0.2, 0) is 0 Å². The Morgan fingerprint density at radius 2 is 2.18 bits per heavy atom. The van der Waals surface area contributed by atoms with Gasteiger partial charge in [-0.25, -0.2) is 4.98 Å². The third-order valence-corrected chi connectivity index (χ3v) is 3.52. The Morgan fingerprint density at radius 3 is 2.82 bits per heavy atom. The van der Waals surface area contributed by atoms with Crippen LogP contribution in [-0.4, -0.2) is 29.2 Å². The van der Waals surface area contributed by atoms with Gasteiger partial charge >= 0.3 is 6.01 Å². The minimum absolute atomic E-state index is 0.219. The first kappa shape index (κ1) is 12.6. The van der Waals surface area contributed by atoms with Gasteiger partial charge in [0.25, 0.3) is 0 Å². The van der Waals surface area contributed by atoms with Gasteiger partial charge in [-0.15, -0.1) is 0 Å². The van der Waals surface area contributed by atoms with Crippen molar-refractivity contribution in [1.82, 2.24) is 9.97 Å². The average molecular weight is 302 g/mol. The Balaban J connectivity index is 1.99. The van der Waals surface area contributed by atoms with E-state index in [1.807, 2.05) is 0 Å². The van der Waals surface area contributed by atoms with Gasteiger partial charge in [0.1, 0.15) is 6.61 Å². The summed E-state index contributed by atoms with van der Waals surface area (Å²) in [5.74, 6) is 0.465. The Kier molecular flexibility index (Phi) is 3.83. The number of aromatic nitrogens is 2. The number of hydrogen-bond acceptors (Lipinski definition) is 5. The standard InChI is InChI=1S/C11H16BrN3O2/c1-16-9-8(12)6-14-10(15-9)17-7-11(13)4-2-3-5-11/h6H,2-5,7,13H2,1H3. The first-order valence-corrected chi connectivity index (χ1v) is 6.40. The Morgan fingerprint density at radius 1 is 1.47 bits per heavy atom. The summed E-state index contributed by atoms with van der Waals surface area (Å²) in [4.78, 5) is 8.19. The monoisotopic (exact) mass is 301 g/mol. The van der Waals surface area contributed by atoms with Crippen LogP contribution in [0, 0.1) is 0 Å². The molecule has 1 aliphatic rings. The number of methoxy groups -OCH3 is 1. The van der Waals surface area contributed by atoms with E-state index < -0.39 is 0 Å². The third-order valence-electron chi connectivity index (χ3n) is 2.97. The zero-order valence-corrected chi connectivity index (χ0v) is 11.4. The quantitative estimate of drug-likeness (QED) is 0.920. The highest BCUT2D eigenvalue weighted by molar-refractivity contribution is 9.10. The van der Waals surface area contributed by atoms with Gasteiger partial charge in [0.05, 0.1) is 23.3 Å². The maximum atomic E-state index is 6.19. The van der Waals surface area contributed by atoms with Crippen molar-refractivity contribution in [2.75, 3.05) is 13.7 Å². The SMILES string of the molecule is COc1nc(OCC2(N)CCCC2)ncc1Br. The second kappa shape index (κ2) is 5.18. The number of rotatable bonds is 4. The zero-order chi connectivity index (χ0) is 12.3. The number of halogens is 1. The molecule has 0 spiro atoms. The molecule has 17 heavy (non-hydrogen) atoms. The van der Waals surface area contributed by atoms with Gasteiger partial charge in [-0.05, 0) is 28.8 Å². The third kappa shape index (κ3) is 3.07. The van der Waals surface area contributed by atoms with Gasteiger partial charge in [-0.2, -0.15) is 4.98 Å². The van der Waals surface area contributed by atoms with Crippen molar-refractivity contribution in [2.24, 2.45) is 5.73 Å². The molecule has 1 fully saturated rings. The van der Waals surface area contributed by atoms with Crippen molar-refractivity contribution in [3.8, 4) is 11.9 Å². The van der Waals surface area contributed by atoms with Crippen LogP contribution in [0.5, 0.6) is 11.9 Å². The van der Waals surface area contributed by atoms with Crippen LogP contribution in [0.25, 0.3) is 0 Å². The van der Waals surface area contributed by atoms with Crippen molar-refractivity contribution < 1.29 is 9.47 Å². The summed E-state index contributed by atoms with van der Waals surface area (Å²) in [7, 11) is 1.55. The molecule has 94 valence electrons. The summed E-state index contributed by atoms with van der Waals surface area (Å²) in [6.07, 6.45) is 5.95. The lowest BCUT2D eigenvalue weighted by molar-refractivity contribution is 0.203. The molecular weight excluding hydrogens is 286 g/mol. The van der Waals surface area contributed by atoms with Crippen molar-refractivity contribution in [3.05, 3.63) is 10.7 Å². The van der Waals surface area contributed by atoms with E-state index >= 15 is 0 Å². The average Bonchev–Trinajstić information content (AvgIpc) is 2.76. The molecule has 6 heteroatoms. The maximum absolute atomic E-state index is 6.19. The van der Waals surface area contributed by atoms with E-state index in [0.29, 0.717) is 23.0 Å². The fraction of sp³-hybridized carbons (Fsp3) is 0.636. The van der Waals surface area contributed by atoms with Crippen LogP contribution in [0.1, 0.15) is 25.7 Å². The first-order chi connectivity index (χ1) is 8.13. The summed E-state index contributed by atoms with van der Waals surface area (Å²) in [5.41, 5.74) is 5.97. The van der Waals surface area contributed by atoms with Gasteiger partial charge in [0, 0.05) is 0 Å². The summed E-state index contributed by atoms with van der Waals surface area (Å²) in [6.45, 7) is 0.456. The van der Waals surface area contributed by atoms with Crippen molar-refractivity contribution in [3.63, 3.8) is 0 Å². The fourth-order valence-corrected chi connectivity index (χ4v) is 2.33. The van der Waals surface area contributed by atoms with Crippen LogP contribution < -0.4 is 15.2 Å².